The lowest BCUT2D eigenvalue weighted by molar-refractivity contribution is -0.149. The van der Waals surface area contributed by atoms with Gasteiger partial charge < -0.3 is 15.1 Å². The van der Waals surface area contributed by atoms with Gasteiger partial charge in [0.25, 0.3) is 0 Å². The number of aliphatic carboxylic acids is 1. The number of anilines is 1. The second-order valence-electron chi connectivity index (χ2n) is 7.16. The van der Waals surface area contributed by atoms with Gasteiger partial charge in [-0.15, -0.1) is 0 Å². The van der Waals surface area contributed by atoms with Crippen LogP contribution in [-0.4, -0.2) is 45.3 Å². The first-order valence-corrected chi connectivity index (χ1v) is 10.1. The molecule has 0 aliphatic carbocycles. The Morgan fingerprint density at radius 3 is 2.76 bits per heavy atom. The van der Waals surface area contributed by atoms with Gasteiger partial charge in [0, 0.05) is 19.0 Å². The van der Waals surface area contributed by atoms with E-state index in [2.05, 4.69) is 9.97 Å². The highest BCUT2D eigenvalue weighted by atomic mass is 35.5. The number of fused-ring (bicyclic) bond motifs is 1. The third kappa shape index (κ3) is 3.88. The van der Waals surface area contributed by atoms with Gasteiger partial charge in [-0.3, -0.25) is 0 Å². The molecule has 0 amide bonds. The number of halogens is 2. The Morgan fingerprint density at radius 2 is 2.00 bits per heavy atom. The highest BCUT2D eigenvalue weighted by Crippen LogP contribution is 2.37. The molecule has 1 aromatic heterocycles. The molecule has 0 bridgehead atoms. The van der Waals surface area contributed by atoms with Crippen molar-refractivity contribution in [1.82, 2.24) is 9.97 Å². The van der Waals surface area contributed by atoms with Crippen molar-refractivity contribution < 1.29 is 15.0 Å². The Kier molecular flexibility index (Phi) is 5.58. The van der Waals surface area contributed by atoms with Crippen molar-refractivity contribution in [2.75, 3.05) is 18.0 Å². The van der Waals surface area contributed by atoms with Crippen LogP contribution in [0.4, 0.5) is 5.82 Å². The number of hydrogen-bond acceptors (Lipinski definition) is 5. The number of piperidine rings is 1. The minimum absolute atomic E-state index is 0.358. The number of benzene rings is 2. The Bertz CT molecular complexity index is 1070. The number of carbonyl (C=O) groups is 1. The number of aliphatic hydroxyl groups is 1. The smallest absolute Gasteiger partial charge is 0.332 e. The first-order chi connectivity index (χ1) is 14.0. The molecule has 2 unspecified atom stereocenters. The summed E-state index contributed by atoms with van der Waals surface area (Å²) in [7, 11) is 0. The zero-order valence-corrected chi connectivity index (χ0v) is 16.9. The largest absolute Gasteiger partial charge is 0.479 e. The summed E-state index contributed by atoms with van der Waals surface area (Å²) >= 11 is 12.3. The lowest BCUT2D eigenvalue weighted by atomic mass is 9.92. The molecule has 1 aliphatic rings. The fourth-order valence-corrected chi connectivity index (χ4v) is 4.20. The molecule has 0 radical (unpaired) electrons. The van der Waals surface area contributed by atoms with Crippen LogP contribution in [0.5, 0.6) is 0 Å². The summed E-state index contributed by atoms with van der Waals surface area (Å²) in [6.07, 6.45) is 1.55. The molecule has 150 valence electrons. The van der Waals surface area contributed by atoms with Gasteiger partial charge in [-0.05, 0) is 42.2 Å². The minimum Gasteiger partial charge on any atom is -0.479 e. The van der Waals surface area contributed by atoms with Crippen molar-refractivity contribution in [3.8, 4) is 11.1 Å². The maximum atomic E-state index is 11.2. The monoisotopic (exact) mass is 431 g/mol. The molecule has 29 heavy (non-hydrogen) atoms. The van der Waals surface area contributed by atoms with E-state index in [1.807, 2.05) is 35.2 Å². The van der Waals surface area contributed by atoms with E-state index < -0.39 is 12.1 Å². The number of hydrogen-bond donors (Lipinski definition) is 2. The van der Waals surface area contributed by atoms with Crippen LogP contribution in [0.2, 0.25) is 10.0 Å². The quantitative estimate of drug-likeness (QED) is 0.641. The predicted octanol–water partition coefficient (Wildman–Crippen LogP) is 4.27. The summed E-state index contributed by atoms with van der Waals surface area (Å²) in [5.41, 5.74) is 2.58. The van der Waals surface area contributed by atoms with Crippen molar-refractivity contribution >= 4 is 45.9 Å². The van der Waals surface area contributed by atoms with E-state index in [0.29, 0.717) is 23.0 Å². The van der Waals surface area contributed by atoms with Gasteiger partial charge in [0.1, 0.15) is 12.1 Å². The second kappa shape index (κ2) is 8.14. The van der Waals surface area contributed by atoms with E-state index in [1.54, 1.807) is 6.07 Å². The fourth-order valence-electron chi connectivity index (χ4n) is 3.90. The van der Waals surface area contributed by atoms with Crippen molar-refractivity contribution in [1.29, 1.82) is 0 Å². The van der Waals surface area contributed by atoms with Gasteiger partial charge in [-0.2, -0.15) is 0 Å². The highest BCUT2D eigenvalue weighted by molar-refractivity contribution is 6.42. The highest BCUT2D eigenvalue weighted by Gasteiger charge is 2.31. The Morgan fingerprint density at radius 1 is 1.17 bits per heavy atom. The number of nitrogens with zero attached hydrogens (tertiary/aromatic N) is 3. The Hall–Kier alpha value is -2.41. The molecule has 0 spiro atoms. The molecule has 8 heteroatoms. The maximum absolute atomic E-state index is 11.2. The summed E-state index contributed by atoms with van der Waals surface area (Å²) in [4.78, 5) is 22.2. The van der Waals surface area contributed by atoms with Gasteiger partial charge in [-0.25, -0.2) is 14.8 Å². The molecule has 1 fully saturated rings. The third-order valence-corrected chi connectivity index (χ3v) is 6.07. The molecule has 1 aliphatic heterocycles. The van der Waals surface area contributed by atoms with Crippen LogP contribution in [-0.2, 0) is 4.79 Å². The molecule has 2 aromatic carbocycles. The number of carboxylic acid groups (broad SMARTS) is 1. The third-order valence-electron chi connectivity index (χ3n) is 5.33. The maximum Gasteiger partial charge on any atom is 0.332 e. The first kappa shape index (κ1) is 19.9. The predicted molar refractivity (Wildman–Crippen MR) is 114 cm³/mol. The molecule has 0 saturated carbocycles. The number of carboxylic acids is 1. The molecule has 6 nitrogen and oxygen atoms in total. The van der Waals surface area contributed by atoms with E-state index in [0.717, 1.165) is 40.8 Å². The van der Waals surface area contributed by atoms with Crippen LogP contribution < -0.4 is 4.90 Å². The van der Waals surface area contributed by atoms with Crippen LogP contribution in [0.1, 0.15) is 12.8 Å². The minimum atomic E-state index is -1.39. The van der Waals surface area contributed by atoms with Crippen molar-refractivity contribution in [2.24, 2.45) is 5.92 Å². The normalized spacial score (nSPS) is 18.0. The molecule has 1 saturated heterocycles. The summed E-state index contributed by atoms with van der Waals surface area (Å²) < 4.78 is 0. The van der Waals surface area contributed by atoms with Gasteiger partial charge in [-0.1, -0.05) is 41.4 Å². The Labute approximate surface area is 177 Å². The van der Waals surface area contributed by atoms with Crippen molar-refractivity contribution in [2.45, 2.75) is 18.9 Å². The van der Waals surface area contributed by atoms with E-state index in [1.165, 1.54) is 6.33 Å². The molecular formula is C21H19Cl2N3O3. The van der Waals surface area contributed by atoms with Crippen LogP contribution in [0.3, 0.4) is 0 Å². The summed E-state index contributed by atoms with van der Waals surface area (Å²) in [5, 5.41) is 21.0. The molecule has 4 rings (SSSR count). The van der Waals surface area contributed by atoms with Crippen LogP contribution >= 0.6 is 23.2 Å². The Balaban J connectivity index is 1.81. The second-order valence-corrected chi connectivity index (χ2v) is 7.97. The van der Waals surface area contributed by atoms with E-state index in [4.69, 9.17) is 23.2 Å². The average Bonchev–Trinajstić information content (AvgIpc) is 2.74. The lowest BCUT2D eigenvalue weighted by Crippen LogP contribution is -2.43. The van der Waals surface area contributed by atoms with Crippen LogP contribution in [0, 0.1) is 5.92 Å². The number of aliphatic hydroxyl groups excluding tert-OH is 1. The SMILES string of the molecule is O=C(O)C(O)C1CCCN(c2ncnc3cccc(-c4ccc(Cl)c(Cl)c4)c23)C1. The lowest BCUT2D eigenvalue weighted by Gasteiger charge is -2.35. The summed E-state index contributed by atoms with van der Waals surface area (Å²) in [6.45, 7) is 1.14. The summed E-state index contributed by atoms with van der Waals surface area (Å²) in [5.74, 6) is -0.830. The van der Waals surface area contributed by atoms with E-state index in [9.17, 15) is 15.0 Å². The van der Waals surface area contributed by atoms with Crippen LogP contribution in [0.15, 0.2) is 42.7 Å². The van der Waals surface area contributed by atoms with Crippen molar-refractivity contribution in [3.63, 3.8) is 0 Å². The van der Waals surface area contributed by atoms with Crippen molar-refractivity contribution in [3.05, 3.63) is 52.8 Å². The summed E-state index contributed by atoms with van der Waals surface area (Å²) in [6, 6.07) is 11.3. The zero-order valence-electron chi connectivity index (χ0n) is 15.4. The van der Waals surface area contributed by atoms with E-state index >= 15 is 0 Å². The molecule has 2 heterocycles. The zero-order chi connectivity index (χ0) is 20.5. The van der Waals surface area contributed by atoms with E-state index in [-0.39, 0.29) is 5.92 Å². The molecule has 3 aromatic rings. The fraction of sp³-hybridized carbons (Fsp3) is 0.286. The van der Waals surface area contributed by atoms with Gasteiger partial charge in [0.2, 0.25) is 0 Å². The first-order valence-electron chi connectivity index (χ1n) is 9.30. The molecule has 2 N–H and O–H groups in total. The van der Waals surface area contributed by atoms with Gasteiger partial charge >= 0.3 is 5.97 Å². The standard InChI is InChI=1S/C21H19Cl2N3O3/c22-15-7-6-12(9-16(15)23)14-4-1-5-17-18(14)20(25-11-24-17)26-8-2-3-13(10-26)19(27)21(28)29/h1,4-7,9,11,13,19,27H,2-3,8,10H2,(H,28,29). The average molecular weight is 432 g/mol. The molecular weight excluding hydrogens is 413 g/mol. The van der Waals surface area contributed by atoms with Gasteiger partial charge in [0.05, 0.1) is 20.9 Å². The number of aromatic nitrogens is 2. The topological polar surface area (TPSA) is 86.5 Å². The van der Waals surface area contributed by atoms with Crippen LogP contribution in [0.25, 0.3) is 22.0 Å². The van der Waals surface area contributed by atoms with Gasteiger partial charge in [0.15, 0.2) is 6.10 Å². The number of rotatable bonds is 4. The molecule has 2 atom stereocenters.